The van der Waals surface area contributed by atoms with E-state index in [4.69, 9.17) is 11.6 Å². The number of anilines is 1. The second kappa shape index (κ2) is 8.38. The number of hydrogen-bond donors (Lipinski definition) is 1. The van der Waals surface area contributed by atoms with Gasteiger partial charge < -0.3 is 5.32 Å². The van der Waals surface area contributed by atoms with E-state index in [1.165, 1.54) is 10.8 Å². The molecule has 0 saturated heterocycles. The predicted molar refractivity (Wildman–Crippen MR) is 129 cm³/mol. The Hall–Kier alpha value is -3.92. The molecule has 0 radical (unpaired) electrons. The second-order valence-corrected chi connectivity index (χ2v) is 8.59. The molecule has 0 bridgehead atoms. The summed E-state index contributed by atoms with van der Waals surface area (Å²) >= 11 is 6.03. The third kappa shape index (κ3) is 4.44. The number of pyridine rings is 1. The average Bonchev–Trinajstić information content (AvgIpc) is 3.18. The lowest BCUT2D eigenvalue weighted by Gasteiger charge is -2.14. The van der Waals surface area contributed by atoms with Gasteiger partial charge in [-0.1, -0.05) is 23.7 Å². The van der Waals surface area contributed by atoms with Crippen LogP contribution < -0.4 is 10.9 Å². The summed E-state index contributed by atoms with van der Waals surface area (Å²) in [5.74, 6) is -0.227. The van der Waals surface area contributed by atoms with Crippen molar-refractivity contribution in [1.29, 1.82) is 0 Å². The third-order valence-electron chi connectivity index (χ3n) is 5.51. The van der Waals surface area contributed by atoms with Crippen molar-refractivity contribution in [2.45, 2.75) is 13.1 Å². The number of alkyl halides is 3. The smallest absolute Gasteiger partial charge is 0.345 e. The van der Waals surface area contributed by atoms with Crippen molar-refractivity contribution in [3.05, 3.63) is 75.9 Å². The van der Waals surface area contributed by atoms with Gasteiger partial charge in [0, 0.05) is 47.1 Å². The summed E-state index contributed by atoms with van der Waals surface area (Å²) in [7, 11) is 1.82. The highest BCUT2D eigenvalue weighted by Gasteiger charge is 2.27. The second-order valence-electron chi connectivity index (χ2n) is 8.16. The van der Waals surface area contributed by atoms with E-state index in [2.05, 4.69) is 20.4 Å². The van der Waals surface area contributed by atoms with E-state index in [0.717, 1.165) is 16.5 Å². The topological polar surface area (TPSA) is 77.6 Å². The molecule has 1 N–H and O–H groups in total. The van der Waals surface area contributed by atoms with Gasteiger partial charge in [0.15, 0.2) is 0 Å². The summed E-state index contributed by atoms with van der Waals surface area (Å²) in [6.07, 6.45) is 0.400. The molecule has 0 atom stereocenters. The van der Waals surface area contributed by atoms with Gasteiger partial charge in [0.2, 0.25) is 5.95 Å². The van der Waals surface area contributed by atoms with E-state index in [9.17, 15) is 18.0 Å². The van der Waals surface area contributed by atoms with Gasteiger partial charge in [-0.15, -0.1) is 0 Å². The zero-order valence-electron chi connectivity index (χ0n) is 18.6. The SMILES string of the molecule is Cc1cc(-n2cc3cnc(NCC(F)(F)F)nc3c(-c3ccc(Cl)cc3)c2=O)cc2cn(C)nc12. The van der Waals surface area contributed by atoms with Crippen LogP contribution in [0, 0.1) is 6.92 Å². The minimum absolute atomic E-state index is 0.223. The zero-order chi connectivity index (χ0) is 24.9. The molecular weight excluding hydrogens is 481 g/mol. The first kappa shape index (κ1) is 22.9. The van der Waals surface area contributed by atoms with Crippen molar-refractivity contribution in [3.8, 4) is 16.8 Å². The largest absolute Gasteiger partial charge is 0.405 e. The van der Waals surface area contributed by atoms with Crippen molar-refractivity contribution in [2.75, 3.05) is 11.9 Å². The number of rotatable bonds is 4. The summed E-state index contributed by atoms with van der Waals surface area (Å²) in [5.41, 5.74) is 2.92. The van der Waals surface area contributed by atoms with Crippen molar-refractivity contribution < 1.29 is 13.2 Å². The van der Waals surface area contributed by atoms with Crippen LogP contribution in [0.4, 0.5) is 19.1 Å². The van der Waals surface area contributed by atoms with Crippen LogP contribution in [-0.4, -0.2) is 37.0 Å². The number of aromatic nitrogens is 5. The van der Waals surface area contributed by atoms with E-state index in [1.807, 2.05) is 32.3 Å². The lowest BCUT2D eigenvalue weighted by atomic mass is 10.0. The quantitative estimate of drug-likeness (QED) is 0.365. The van der Waals surface area contributed by atoms with E-state index >= 15 is 0 Å². The summed E-state index contributed by atoms with van der Waals surface area (Å²) < 4.78 is 41.3. The third-order valence-corrected chi connectivity index (χ3v) is 5.76. The Bertz CT molecular complexity index is 1640. The molecule has 0 aliphatic rings. The molecule has 178 valence electrons. The maximum absolute atomic E-state index is 13.8. The summed E-state index contributed by atoms with van der Waals surface area (Å²) in [6.45, 7) is 0.614. The molecule has 3 heterocycles. The van der Waals surface area contributed by atoms with Gasteiger partial charge in [0.25, 0.3) is 5.56 Å². The summed E-state index contributed by atoms with van der Waals surface area (Å²) in [5, 5.41) is 8.45. The van der Waals surface area contributed by atoms with Crippen LogP contribution in [0.1, 0.15) is 5.56 Å². The fourth-order valence-electron chi connectivity index (χ4n) is 3.99. The Labute approximate surface area is 201 Å². The van der Waals surface area contributed by atoms with E-state index in [0.29, 0.717) is 21.7 Å². The molecule has 2 aromatic carbocycles. The highest BCUT2D eigenvalue weighted by atomic mass is 35.5. The first-order valence-electron chi connectivity index (χ1n) is 10.5. The maximum atomic E-state index is 13.8. The minimum Gasteiger partial charge on any atom is -0.345 e. The number of aryl methyl sites for hydroxylation is 2. The normalized spacial score (nSPS) is 11.9. The van der Waals surface area contributed by atoms with Crippen LogP contribution in [0.15, 0.2) is 59.8 Å². The van der Waals surface area contributed by atoms with E-state index in [-0.39, 0.29) is 22.6 Å². The average molecular weight is 499 g/mol. The van der Waals surface area contributed by atoms with Gasteiger partial charge in [-0.3, -0.25) is 14.0 Å². The molecule has 0 amide bonds. The van der Waals surface area contributed by atoms with Gasteiger partial charge in [0.05, 0.1) is 16.6 Å². The van der Waals surface area contributed by atoms with Crippen LogP contribution in [0.3, 0.4) is 0 Å². The molecule has 0 aliphatic heterocycles. The Morgan fingerprint density at radius 2 is 1.80 bits per heavy atom. The van der Waals surface area contributed by atoms with Crippen molar-refractivity contribution in [1.82, 2.24) is 24.3 Å². The van der Waals surface area contributed by atoms with Crippen LogP contribution in [0.2, 0.25) is 5.02 Å². The van der Waals surface area contributed by atoms with Crippen LogP contribution >= 0.6 is 11.6 Å². The maximum Gasteiger partial charge on any atom is 0.405 e. The standard InChI is InChI=1S/C24H18ClF3N6O/c1-13-7-18(8-15-10-33(2)32-20(13)15)34-11-16-9-29-23(30-12-24(26,27)28)31-21(16)19(22(34)35)14-3-5-17(25)6-4-14/h3-11H,12H2,1-2H3,(H,30,31). The fraction of sp³-hybridized carbons (Fsp3) is 0.167. The van der Waals surface area contributed by atoms with Gasteiger partial charge in [-0.25, -0.2) is 9.97 Å². The van der Waals surface area contributed by atoms with E-state index < -0.39 is 12.7 Å². The number of hydrogen-bond acceptors (Lipinski definition) is 5. The van der Waals surface area contributed by atoms with Gasteiger partial charge >= 0.3 is 6.18 Å². The van der Waals surface area contributed by atoms with Gasteiger partial charge in [-0.05, 0) is 42.3 Å². The van der Waals surface area contributed by atoms with Crippen molar-refractivity contribution >= 4 is 39.4 Å². The zero-order valence-corrected chi connectivity index (χ0v) is 19.3. The summed E-state index contributed by atoms with van der Waals surface area (Å²) in [6, 6.07) is 10.3. The minimum atomic E-state index is -4.44. The van der Waals surface area contributed by atoms with Crippen LogP contribution in [0.25, 0.3) is 38.6 Å². The molecule has 0 aliphatic carbocycles. The van der Waals surface area contributed by atoms with Crippen LogP contribution in [-0.2, 0) is 7.05 Å². The number of benzene rings is 2. The number of nitrogens with zero attached hydrogens (tertiary/aromatic N) is 5. The molecular formula is C24H18ClF3N6O. The molecule has 5 aromatic rings. The highest BCUT2D eigenvalue weighted by molar-refractivity contribution is 6.30. The molecule has 0 fully saturated rings. The molecule has 11 heteroatoms. The first-order valence-corrected chi connectivity index (χ1v) is 10.9. The Kier molecular flexibility index (Phi) is 5.47. The lowest BCUT2D eigenvalue weighted by Crippen LogP contribution is -2.23. The molecule has 0 saturated carbocycles. The molecule has 3 aromatic heterocycles. The molecule has 35 heavy (non-hydrogen) atoms. The monoisotopic (exact) mass is 498 g/mol. The van der Waals surface area contributed by atoms with Crippen molar-refractivity contribution in [3.63, 3.8) is 0 Å². The lowest BCUT2D eigenvalue weighted by molar-refractivity contribution is -0.115. The predicted octanol–water partition coefficient (Wildman–Crippen LogP) is 5.27. The Balaban J connectivity index is 1.75. The van der Waals surface area contributed by atoms with Gasteiger partial charge in [-0.2, -0.15) is 18.3 Å². The van der Waals surface area contributed by atoms with Gasteiger partial charge in [0.1, 0.15) is 6.54 Å². The Morgan fingerprint density at radius 3 is 2.51 bits per heavy atom. The number of halogens is 4. The molecule has 0 unspecified atom stereocenters. The van der Waals surface area contributed by atoms with Crippen molar-refractivity contribution in [2.24, 2.45) is 7.05 Å². The molecule has 0 spiro atoms. The first-order chi connectivity index (χ1) is 16.6. The van der Waals surface area contributed by atoms with Crippen LogP contribution in [0.5, 0.6) is 0 Å². The molecule has 7 nitrogen and oxygen atoms in total. The number of fused-ring (bicyclic) bond motifs is 2. The fourth-order valence-corrected chi connectivity index (χ4v) is 4.11. The molecule has 5 rings (SSSR count). The summed E-state index contributed by atoms with van der Waals surface area (Å²) in [4.78, 5) is 22.1. The number of nitrogens with one attached hydrogen (secondary N) is 1. The Morgan fingerprint density at radius 1 is 1.06 bits per heavy atom. The highest BCUT2D eigenvalue weighted by Crippen LogP contribution is 2.28. The van der Waals surface area contributed by atoms with E-state index in [1.54, 1.807) is 35.1 Å².